The highest BCUT2D eigenvalue weighted by atomic mass is 35.5. The third-order valence-corrected chi connectivity index (χ3v) is 3.89. The molecule has 1 aliphatic rings. The Morgan fingerprint density at radius 2 is 1.88 bits per heavy atom. The fourth-order valence-corrected chi connectivity index (χ4v) is 2.55. The number of hydrogen-bond donors (Lipinski definition) is 1. The molecule has 0 aromatic heterocycles. The molecule has 1 saturated carbocycles. The van der Waals surface area contributed by atoms with Crippen LogP contribution in [-0.4, -0.2) is 24.5 Å². The number of nitrogens with two attached hydrogens (primary N) is 1. The summed E-state index contributed by atoms with van der Waals surface area (Å²) in [5, 5.41) is 1.18. The molecule has 0 bridgehead atoms. The first-order valence-corrected chi connectivity index (χ1v) is 6.10. The lowest BCUT2D eigenvalue weighted by Gasteiger charge is -2.30. The Balaban J connectivity index is 2.36. The molecule has 1 aromatic carbocycles. The van der Waals surface area contributed by atoms with Gasteiger partial charge in [0.15, 0.2) is 0 Å². The van der Waals surface area contributed by atoms with Gasteiger partial charge < -0.3 is 10.6 Å². The second kappa shape index (κ2) is 4.19. The van der Waals surface area contributed by atoms with Crippen LogP contribution in [0.3, 0.4) is 0 Å². The first kappa shape index (κ1) is 12.2. The van der Waals surface area contributed by atoms with Crippen LogP contribution >= 0.6 is 23.2 Å². The third-order valence-electron chi connectivity index (χ3n) is 3.15. The molecule has 1 atom stereocenters. The van der Waals surface area contributed by atoms with Gasteiger partial charge in [-0.15, -0.1) is 0 Å². The van der Waals surface area contributed by atoms with E-state index < -0.39 is 0 Å². The minimum Gasteiger partial charge on any atom is -0.323 e. The maximum absolute atomic E-state index is 6.29. The van der Waals surface area contributed by atoms with Crippen LogP contribution in [0.5, 0.6) is 0 Å². The minimum atomic E-state index is -0.0966. The molecule has 2 rings (SSSR count). The summed E-state index contributed by atoms with van der Waals surface area (Å²) in [6, 6.07) is 5.97. The first-order chi connectivity index (χ1) is 7.44. The number of likely N-dealkylation sites (N-methyl/N-ethyl adjacent to an activating group) is 1. The lowest BCUT2D eigenvalue weighted by Crippen LogP contribution is -2.39. The van der Waals surface area contributed by atoms with Gasteiger partial charge in [-0.05, 0) is 44.6 Å². The number of hydrogen-bond acceptors (Lipinski definition) is 2. The second-order valence-electron chi connectivity index (χ2n) is 4.77. The predicted octanol–water partition coefficient (Wildman–Crippen LogP) is 3.09. The number of halogens is 2. The predicted molar refractivity (Wildman–Crippen MR) is 69.0 cm³/mol. The van der Waals surface area contributed by atoms with E-state index in [9.17, 15) is 0 Å². The zero-order valence-electron chi connectivity index (χ0n) is 9.50. The van der Waals surface area contributed by atoms with E-state index >= 15 is 0 Å². The number of nitrogens with zero attached hydrogens (tertiary/aromatic N) is 1. The van der Waals surface area contributed by atoms with Gasteiger partial charge in [0, 0.05) is 5.54 Å². The Labute approximate surface area is 106 Å². The fourth-order valence-electron chi connectivity index (χ4n) is 2.24. The molecule has 16 heavy (non-hydrogen) atoms. The monoisotopic (exact) mass is 258 g/mol. The summed E-state index contributed by atoms with van der Waals surface area (Å²) in [5.41, 5.74) is 7.34. The summed E-state index contributed by atoms with van der Waals surface area (Å²) in [4.78, 5) is 2.15. The summed E-state index contributed by atoms with van der Waals surface area (Å²) in [6.07, 6.45) is 2.13. The number of rotatable bonds is 3. The average molecular weight is 259 g/mol. The van der Waals surface area contributed by atoms with Crippen LogP contribution in [0.4, 0.5) is 0 Å². The van der Waals surface area contributed by atoms with Gasteiger partial charge in [0.25, 0.3) is 0 Å². The lowest BCUT2D eigenvalue weighted by molar-refractivity contribution is 0.246. The molecule has 1 aromatic rings. The molecule has 0 amide bonds. The zero-order chi connectivity index (χ0) is 11.9. The van der Waals surface area contributed by atoms with Crippen molar-refractivity contribution in [3.05, 3.63) is 33.8 Å². The van der Waals surface area contributed by atoms with Crippen molar-refractivity contribution in [1.29, 1.82) is 0 Å². The molecule has 1 unspecified atom stereocenters. The van der Waals surface area contributed by atoms with Crippen LogP contribution in [0.1, 0.15) is 24.4 Å². The second-order valence-corrected chi connectivity index (χ2v) is 5.59. The van der Waals surface area contributed by atoms with Gasteiger partial charge in [0.2, 0.25) is 0 Å². The Morgan fingerprint density at radius 3 is 2.31 bits per heavy atom. The van der Waals surface area contributed by atoms with E-state index in [2.05, 4.69) is 4.90 Å². The Hall–Kier alpha value is -0.280. The molecule has 2 N–H and O–H groups in total. The van der Waals surface area contributed by atoms with Crippen LogP contribution in [0, 0.1) is 0 Å². The SMILES string of the molecule is CN(C)C(c1ccc(Cl)c(Cl)c1)C1(N)CC1. The molecule has 88 valence electrons. The van der Waals surface area contributed by atoms with E-state index in [1.807, 2.05) is 32.3 Å². The molecule has 0 heterocycles. The molecular formula is C12H16Cl2N2. The molecule has 0 radical (unpaired) electrons. The van der Waals surface area contributed by atoms with E-state index in [0.717, 1.165) is 18.4 Å². The van der Waals surface area contributed by atoms with Crippen molar-refractivity contribution in [3.8, 4) is 0 Å². The summed E-state index contributed by atoms with van der Waals surface area (Å²) >= 11 is 12.0. The van der Waals surface area contributed by atoms with Gasteiger partial charge in [0.1, 0.15) is 0 Å². The van der Waals surface area contributed by atoms with Gasteiger partial charge in [-0.1, -0.05) is 29.3 Å². The topological polar surface area (TPSA) is 29.3 Å². The summed E-state index contributed by atoms with van der Waals surface area (Å²) in [7, 11) is 4.08. The molecule has 0 saturated heterocycles. The van der Waals surface area contributed by atoms with Crippen molar-refractivity contribution in [1.82, 2.24) is 4.90 Å². The van der Waals surface area contributed by atoms with Gasteiger partial charge in [-0.2, -0.15) is 0 Å². The lowest BCUT2D eigenvalue weighted by atomic mass is 9.97. The standard InChI is InChI=1S/C12H16Cl2N2/c1-16(2)11(12(15)5-6-12)8-3-4-9(13)10(14)7-8/h3-4,7,11H,5-6,15H2,1-2H3. The van der Waals surface area contributed by atoms with E-state index in [1.165, 1.54) is 0 Å². The quantitative estimate of drug-likeness (QED) is 0.903. The largest absolute Gasteiger partial charge is 0.323 e. The third kappa shape index (κ3) is 2.21. The average Bonchev–Trinajstić information content (AvgIpc) is 2.90. The van der Waals surface area contributed by atoms with Gasteiger partial charge in [-0.3, -0.25) is 0 Å². The van der Waals surface area contributed by atoms with Crippen molar-refractivity contribution < 1.29 is 0 Å². The Bertz CT molecular complexity index is 400. The molecule has 0 aliphatic heterocycles. The van der Waals surface area contributed by atoms with Crippen LogP contribution < -0.4 is 5.73 Å². The van der Waals surface area contributed by atoms with Crippen LogP contribution in [0.2, 0.25) is 10.0 Å². The zero-order valence-corrected chi connectivity index (χ0v) is 11.0. The molecule has 2 nitrogen and oxygen atoms in total. The van der Waals surface area contributed by atoms with Crippen LogP contribution in [0.25, 0.3) is 0 Å². The van der Waals surface area contributed by atoms with Gasteiger partial charge in [-0.25, -0.2) is 0 Å². The van der Waals surface area contributed by atoms with E-state index in [-0.39, 0.29) is 11.6 Å². The molecule has 0 spiro atoms. The van der Waals surface area contributed by atoms with Crippen molar-refractivity contribution >= 4 is 23.2 Å². The number of benzene rings is 1. The Kier molecular flexibility index (Phi) is 3.19. The highest BCUT2D eigenvalue weighted by Crippen LogP contribution is 2.46. The molecule has 1 fully saturated rings. The normalized spacial score (nSPS) is 19.9. The van der Waals surface area contributed by atoms with Crippen LogP contribution in [-0.2, 0) is 0 Å². The summed E-state index contributed by atoms with van der Waals surface area (Å²) in [6.45, 7) is 0. The molecule has 1 aliphatic carbocycles. The fraction of sp³-hybridized carbons (Fsp3) is 0.500. The van der Waals surface area contributed by atoms with E-state index in [4.69, 9.17) is 28.9 Å². The Morgan fingerprint density at radius 1 is 1.25 bits per heavy atom. The van der Waals surface area contributed by atoms with E-state index in [1.54, 1.807) is 0 Å². The van der Waals surface area contributed by atoms with Gasteiger partial charge >= 0.3 is 0 Å². The molecule has 4 heteroatoms. The van der Waals surface area contributed by atoms with Crippen molar-refractivity contribution in [2.45, 2.75) is 24.4 Å². The highest BCUT2D eigenvalue weighted by molar-refractivity contribution is 6.42. The van der Waals surface area contributed by atoms with E-state index in [0.29, 0.717) is 10.0 Å². The smallest absolute Gasteiger partial charge is 0.0595 e. The maximum Gasteiger partial charge on any atom is 0.0595 e. The highest BCUT2D eigenvalue weighted by Gasteiger charge is 2.47. The van der Waals surface area contributed by atoms with Crippen molar-refractivity contribution in [2.24, 2.45) is 5.73 Å². The molecular weight excluding hydrogens is 243 g/mol. The summed E-state index contributed by atoms with van der Waals surface area (Å²) < 4.78 is 0. The maximum atomic E-state index is 6.29. The van der Waals surface area contributed by atoms with Gasteiger partial charge in [0.05, 0.1) is 16.1 Å². The first-order valence-electron chi connectivity index (χ1n) is 5.34. The van der Waals surface area contributed by atoms with Crippen LogP contribution in [0.15, 0.2) is 18.2 Å². The van der Waals surface area contributed by atoms with Crippen molar-refractivity contribution in [2.75, 3.05) is 14.1 Å². The summed E-state index contributed by atoms with van der Waals surface area (Å²) in [5.74, 6) is 0. The van der Waals surface area contributed by atoms with Crippen molar-refractivity contribution in [3.63, 3.8) is 0 Å². The minimum absolute atomic E-state index is 0.0966.